The summed E-state index contributed by atoms with van der Waals surface area (Å²) in [6.45, 7) is 0.961. The summed E-state index contributed by atoms with van der Waals surface area (Å²) in [5.41, 5.74) is 7.01. The fraction of sp³-hybridized carbons (Fsp3) is 0.444. The van der Waals surface area contributed by atoms with Crippen LogP contribution >= 0.6 is 11.6 Å². The molecule has 1 aromatic heterocycles. The standard InChI is InChI=1S/C9H12ClN3/c1-13-3-2-8(11)7-4-6(10)5-12-9(7)13/h4-5,8H,2-3,11H2,1H3. The first-order chi connectivity index (χ1) is 6.18. The molecule has 1 aromatic rings. The van der Waals surface area contributed by atoms with Gasteiger partial charge in [0.2, 0.25) is 0 Å². The van der Waals surface area contributed by atoms with Crippen molar-refractivity contribution in [2.75, 3.05) is 18.5 Å². The molecular weight excluding hydrogens is 186 g/mol. The minimum absolute atomic E-state index is 0.0809. The molecule has 1 aliphatic rings. The van der Waals surface area contributed by atoms with Crippen LogP contribution in [-0.4, -0.2) is 18.6 Å². The quantitative estimate of drug-likeness (QED) is 0.687. The van der Waals surface area contributed by atoms with Gasteiger partial charge in [0.15, 0.2) is 0 Å². The number of hydrogen-bond acceptors (Lipinski definition) is 3. The fourth-order valence-electron chi connectivity index (χ4n) is 1.63. The maximum Gasteiger partial charge on any atom is 0.133 e. The van der Waals surface area contributed by atoms with Crippen molar-refractivity contribution in [3.05, 3.63) is 22.8 Å². The number of halogens is 1. The highest BCUT2D eigenvalue weighted by Crippen LogP contribution is 2.30. The first kappa shape index (κ1) is 8.78. The van der Waals surface area contributed by atoms with Crippen LogP contribution in [0.2, 0.25) is 5.02 Å². The number of anilines is 1. The molecular formula is C9H12ClN3. The third kappa shape index (κ3) is 1.49. The summed E-state index contributed by atoms with van der Waals surface area (Å²) in [5, 5.41) is 0.657. The van der Waals surface area contributed by atoms with Gasteiger partial charge in [0.05, 0.1) is 5.02 Å². The van der Waals surface area contributed by atoms with E-state index in [0.717, 1.165) is 24.3 Å². The van der Waals surface area contributed by atoms with Gasteiger partial charge in [-0.3, -0.25) is 0 Å². The Bertz CT molecular complexity index is 327. The number of pyridine rings is 1. The third-order valence-electron chi connectivity index (χ3n) is 2.40. The van der Waals surface area contributed by atoms with Gasteiger partial charge in [-0.2, -0.15) is 0 Å². The highest BCUT2D eigenvalue weighted by atomic mass is 35.5. The van der Waals surface area contributed by atoms with Gasteiger partial charge in [-0.1, -0.05) is 11.6 Å². The number of hydrogen-bond donors (Lipinski definition) is 1. The Balaban J connectivity index is 2.50. The summed E-state index contributed by atoms with van der Waals surface area (Å²) >= 11 is 5.85. The van der Waals surface area contributed by atoms with Crippen LogP contribution in [0.15, 0.2) is 12.3 Å². The summed E-state index contributed by atoms with van der Waals surface area (Å²) in [6, 6.07) is 1.99. The summed E-state index contributed by atoms with van der Waals surface area (Å²) in [4.78, 5) is 6.37. The van der Waals surface area contributed by atoms with E-state index in [-0.39, 0.29) is 6.04 Å². The van der Waals surface area contributed by atoms with Gasteiger partial charge >= 0.3 is 0 Å². The van der Waals surface area contributed by atoms with E-state index in [0.29, 0.717) is 5.02 Å². The molecule has 2 heterocycles. The molecule has 2 N–H and O–H groups in total. The van der Waals surface area contributed by atoms with Crippen molar-refractivity contribution in [2.45, 2.75) is 12.5 Å². The summed E-state index contributed by atoms with van der Waals surface area (Å²) in [5.74, 6) is 0.961. The van der Waals surface area contributed by atoms with E-state index in [2.05, 4.69) is 9.88 Å². The van der Waals surface area contributed by atoms with Gasteiger partial charge in [0.1, 0.15) is 5.82 Å². The van der Waals surface area contributed by atoms with Crippen molar-refractivity contribution in [3.8, 4) is 0 Å². The van der Waals surface area contributed by atoms with Crippen molar-refractivity contribution < 1.29 is 0 Å². The molecule has 0 aliphatic carbocycles. The van der Waals surface area contributed by atoms with E-state index < -0.39 is 0 Å². The number of nitrogens with zero attached hydrogens (tertiary/aromatic N) is 2. The SMILES string of the molecule is CN1CCC(N)c2cc(Cl)cnc21. The first-order valence-electron chi connectivity index (χ1n) is 4.30. The number of fused-ring (bicyclic) bond motifs is 1. The predicted octanol–water partition coefficient (Wildman–Crippen LogP) is 1.57. The Labute approximate surface area is 82.5 Å². The van der Waals surface area contributed by atoms with E-state index in [4.69, 9.17) is 17.3 Å². The van der Waals surface area contributed by atoms with Gasteiger partial charge in [-0.15, -0.1) is 0 Å². The van der Waals surface area contributed by atoms with Crippen LogP contribution in [0.5, 0.6) is 0 Å². The van der Waals surface area contributed by atoms with Gasteiger partial charge in [-0.25, -0.2) is 4.98 Å². The van der Waals surface area contributed by atoms with Crippen LogP contribution in [-0.2, 0) is 0 Å². The van der Waals surface area contributed by atoms with Crippen molar-refractivity contribution in [1.29, 1.82) is 0 Å². The maximum absolute atomic E-state index is 5.95. The molecule has 4 heteroatoms. The molecule has 0 aromatic carbocycles. The fourth-order valence-corrected chi connectivity index (χ4v) is 1.80. The molecule has 70 valence electrons. The molecule has 2 rings (SSSR count). The normalized spacial score (nSPS) is 21.5. The van der Waals surface area contributed by atoms with Crippen LogP contribution < -0.4 is 10.6 Å². The molecule has 0 spiro atoms. The highest BCUT2D eigenvalue weighted by molar-refractivity contribution is 6.30. The lowest BCUT2D eigenvalue weighted by atomic mass is 10.0. The number of nitrogens with two attached hydrogens (primary N) is 1. The number of aromatic nitrogens is 1. The van der Waals surface area contributed by atoms with Gasteiger partial charge in [-0.05, 0) is 12.5 Å². The van der Waals surface area contributed by atoms with Crippen molar-refractivity contribution in [3.63, 3.8) is 0 Å². The summed E-state index contributed by atoms with van der Waals surface area (Å²) in [7, 11) is 2.02. The second-order valence-electron chi connectivity index (χ2n) is 3.38. The Morgan fingerprint density at radius 1 is 1.69 bits per heavy atom. The van der Waals surface area contributed by atoms with Crippen LogP contribution in [0.25, 0.3) is 0 Å². The van der Waals surface area contributed by atoms with E-state index in [1.165, 1.54) is 0 Å². The monoisotopic (exact) mass is 197 g/mol. The van der Waals surface area contributed by atoms with Crippen LogP contribution in [0.3, 0.4) is 0 Å². The zero-order valence-corrected chi connectivity index (χ0v) is 8.25. The van der Waals surface area contributed by atoms with E-state index in [1.54, 1.807) is 6.20 Å². The van der Waals surface area contributed by atoms with Gasteiger partial charge in [0.25, 0.3) is 0 Å². The molecule has 0 amide bonds. The summed E-state index contributed by atoms with van der Waals surface area (Å²) in [6.07, 6.45) is 2.63. The van der Waals surface area contributed by atoms with Crippen LogP contribution in [0.1, 0.15) is 18.0 Å². The Morgan fingerprint density at radius 2 is 2.46 bits per heavy atom. The predicted molar refractivity (Wildman–Crippen MR) is 54.1 cm³/mol. The zero-order chi connectivity index (χ0) is 9.42. The Hall–Kier alpha value is -0.800. The molecule has 0 saturated carbocycles. The average Bonchev–Trinajstić information content (AvgIpc) is 2.12. The second kappa shape index (κ2) is 3.16. The van der Waals surface area contributed by atoms with Crippen LogP contribution in [0, 0.1) is 0 Å². The molecule has 0 fully saturated rings. The topological polar surface area (TPSA) is 42.1 Å². The second-order valence-corrected chi connectivity index (χ2v) is 3.82. The highest BCUT2D eigenvalue weighted by Gasteiger charge is 2.21. The summed E-state index contributed by atoms with van der Waals surface area (Å²) < 4.78 is 0. The molecule has 3 nitrogen and oxygen atoms in total. The molecule has 0 bridgehead atoms. The maximum atomic E-state index is 5.95. The van der Waals surface area contributed by atoms with Gasteiger partial charge in [0, 0.05) is 31.4 Å². The third-order valence-corrected chi connectivity index (χ3v) is 2.61. The van der Waals surface area contributed by atoms with Crippen molar-refractivity contribution in [2.24, 2.45) is 5.73 Å². The number of rotatable bonds is 0. The Morgan fingerprint density at radius 3 is 3.23 bits per heavy atom. The lowest BCUT2D eigenvalue weighted by Gasteiger charge is -2.29. The smallest absolute Gasteiger partial charge is 0.133 e. The van der Waals surface area contributed by atoms with Gasteiger partial charge < -0.3 is 10.6 Å². The minimum Gasteiger partial charge on any atom is -0.359 e. The molecule has 13 heavy (non-hydrogen) atoms. The van der Waals surface area contributed by atoms with Crippen molar-refractivity contribution >= 4 is 17.4 Å². The minimum atomic E-state index is 0.0809. The molecule has 0 saturated heterocycles. The zero-order valence-electron chi connectivity index (χ0n) is 7.50. The lowest BCUT2D eigenvalue weighted by molar-refractivity contribution is 0.607. The first-order valence-corrected chi connectivity index (χ1v) is 4.68. The molecule has 0 radical (unpaired) electrons. The van der Waals surface area contributed by atoms with Crippen molar-refractivity contribution in [1.82, 2.24) is 4.98 Å². The Kier molecular flexibility index (Phi) is 2.14. The lowest BCUT2D eigenvalue weighted by Crippen LogP contribution is -2.31. The van der Waals surface area contributed by atoms with E-state index >= 15 is 0 Å². The molecule has 1 unspecified atom stereocenters. The largest absolute Gasteiger partial charge is 0.359 e. The van der Waals surface area contributed by atoms with Crippen LogP contribution in [0.4, 0.5) is 5.82 Å². The average molecular weight is 198 g/mol. The molecule has 1 aliphatic heterocycles. The van der Waals surface area contributed by atoms with E-state index in [9.17, 15) is 0 Å². The van der Waals surface area contributed by atoms with E-state index in [1.807, 2.05) is 13.1 Å². The molecule has 1 atom stereocenters.